The lowest BCUT2D eigenvalue weighted by atomic mass is 10.2. The van der Waals surface area contributed by atoms with Crippen LogP contribution < -0.4 is 5.73 Å². The molecule has 0 aromatic rings. The first-order chi connectivity index (χ1) is 6.07. The predicted octanol–water partition coefficient (Wildman–Crippen LogP) is -0.633. The molecule has 13 heavy (non-hydrogen) atoms. The molecule has 0 aliphatic rings. The Balaban J connectivity index is 3.45. The summed E-state index contributed by atoms with van der Waals surface area (Å²) in [6.07, 6.45) is 0.468. The Labute approximate surface area is 78.5 Å². The van der Waals surface area contributed by atoms with Gasteiger partial charge < -0.3 is 20.5 Å². The summed E-state index contributed by atoms with van der Waals surface area (Å²) in [6.45, 7) is 2.12. The first-order valence-corrected chi connectivity index (χ1v) is 4.23. The van der Waals surface area contributed by atoms with Crippen LogP contribution in [0.5, 0.6) is 0 Å². The van der Waals surface area contributed by atoms with Gasteiger partial charge in [0.05, 0.1) is 6.61 Å². The number of likely N-dealkylation sites (N-methyl/N-ethyl adjacent to an activating group) is 1. The molecule has 1 atom stereocenters. The van der Waals surface area contributed by atoms with Crippen molar-refractivity contribution in [1.29, 1.82) is 0 Å². The fourth-order valence-corrected chi connectivity index (χ4v) is 0.842. The number of aliphatic carboxylic acids is 1. The molecule has 78 valence electrons. The number of carboxylic acid groups (broad SMARTS) is 1. The fourth-order valence-electron chi connectivity index (χ4n) is 0.842. The molecule has 0 bridgehead atoms. The van der Waals surface area contributed by atoms with Crippen LogP contribution in [0, 0.1) is 0 Å². The average Bonchev–Trinajstić information content (AvgIpc) is 2.10. The molecular weight excluding hydrogens is 172 g/mol. The molecule has 0 saturated carbocycles. The average molecular weight is 190 g/mol. The smallest absolute Gasteiger partial charge is 0.320 e. The second-order valence-electron chi connectivity index (χ2n) is 3.03. The summed E-state index contributed by atoms with van der Waals surface area (Å²) in [6, 6.07) is -0.759. The molecule has 0 radical (unpaired) electrons. The van der Waals surface area contributed by atoms with E-state index in [0.29, 0.717) is 19.6 Å². The van der Waals surface area contributed by atoms with Crippen molar-refractivity contribution in [2.24, 2.45) is 5.73 Å². The molecule has 0 rings (SSSR count). The van der Waals surface area contributed by atoms with Gasteiger partial charge in [-0.25, -0.2) is 0 Å². The van der Waals surface area contributed by atoms with Crippen molar-refractivity contribution in [2.45, 2.75) is 12.5 Å². The van der Waals surface area contributed by atoms with Crippen LogP contribution in [0.15, 0.2) is 0 Å². The minimum absolute atomic E-state index is 0.468. The van der Waals surface area contributed by atoms with Gasteiger partial charge in [0, 0.05) is 13.7 Å². The Morgan fingerprint density at radius 3 is 2.69 bits per heavy atom. The van der Waals surface area contributed by atoms with Crippen molar-refractivity contribution < 1.29 is 14.6 Å². The normalized spacial score (nSPS) is 13.2. The van der Waals surface area contributed by atoms with Crippen LogP contribution in [0.3, 0.4) is 0 Å². The van der Waals surface area contributed by atoms with Gasteiger partial charge in [0.2, 0.25) is 0 Å². The van der Waals surface area contributed by atoms with Crippen LogP contribution in [0.1, 0.15) is 6.42 Å². The molecule has 0 aromatic carbocycles. The maximum absolute atomic E-state index is 10.4. The van der Waals surface area contributed by atoms with Gasteiger partial charge in [-0.2, -0.15) is 0 Å². The lowest BCUT2D eigenvalue weighted by Gasteiger charge is -2.16. The second-order valence-corrected chi connectivity index (χ2v) is 3.03. The zero-order valence-corrected chi connectivity index (χ0v) is 8.19. The summed E-state index contributed by atoms with van der Waals surface area (Å²) < 4.78 is 4.88. The fraction of sp³-hybridized carbons (Fsp3) is 0.875. The third kappa shape index (κ3) is 6.51. The van der Waals surface area contributed by atoms with Crippen LogP contribution in [0.2, 0.25) is 0 Å². The van der Waals surface area contributed by atoms with Crippen LogP contribution in [-0.2, 0) is 9.53 Å². The number of carboxylic acids is 1. The van der Waals surface area contributed by atoms with Crippen LogP contribution in [0.25, 0.3) is 0 Å². The molecule has 5 nitrogen and oxygen atoms in total. The third-order valence-electron chi connectivity index (χ3n) is 1.82. The zero-order chi connectivity index (χ0) is 10.3. The zero-order valence-electron chi connectivity index (χ0n) is 8.19. The standard InChI is InChI=1S/C8H18N2O3/c1-10(5-6-13-2)4-3-7(9)8(11)12/h7H,3-6,9H2,1-2H3,(H,11,12). The van der Waals surface area contributed by atoms with E-state index in [2.05, 4.69) is 0 Å². The van der Waals surface area contributed by atoms with E-state index in [1.54, 1.807) is 7.11 Å². The highest BCUT2D eigenvalue weighted by atomic mass is 16.5. The number of ether oxygens (including phenoxy) is 1. The lowest BCUT2D eigenvalue weighted by Crippen LogP contribution is -2.35. The van der Waals surface area contributed by atoms with E-state index in [9.17, 15) is 4.79 Å². The highest BCUT2D eigenvalue weighted by molar-refractivity contribution is 5.72. The molecule has 0 saturated heterocycles. The molecule has 0 spiro atoms. The topological polar surface area (TPSA) is 75.8 Å². The largest absolute Gasteiger partial charge is 0.480 e. The van der Waals surface area contributed by atoms with E-state index in [4.69, 9.17) is 15.6 Å². The van der Waals surface area contributed by atoms with Crippen LogP contribution in [0.4, 0.5) is 0 Å². The maximum atomic E-state index is 10.4. The van der Waals surface area contributed by atoms with Crippen molar-refractivity contribution >= 4 is 5.97 Å². The van der Waals surface area contributed by atoms with Gasteiger partial charge >= 0.3 is 5.97 Å². The highest BCUT2D eigenvalue weighted by Crippen LogP contribution is 1.92. The molecule has 1 unspecified atom stereocenters. The van der Waals surface area contributed by atoms with E-state index in [0.717, 1.165) is 6.54 Å². The summed E-state index contributed by atoms with van der Waals surface area (Å²) in [5.74, 6) is -0.944. The number of hydrogen-bond acceptors (Lipinski definition) is 4. The molecule has 0 heterocycles. The van der Waals surface area contributed by atoms with Crippen LogP contribution in [-0.4, -0.2) is 55.9 Å². The Morgan fingerprint density at radius 1 is 1.62 bits per heavy atom. The van der Waals surface area contributed by atoms with Gasteiger partial charge in [-0.3, -0.25) is 4.79 Å². The molecular formula is C8H18N2O3. The Kier molecular flexibility index (Phi) is 6.48. The van der Waals surface area contributed by atoms with E-state index in [1.807, 2.05) is 11.9 Å². The minimum atomic E-state index is -0.944. The van der Waals surface area contributed by atoms with Gasteiger partial charge in [-0.15, -0.1) is 0 Å². The van der Waals surface area contributed by atoms with Crippen LogP contribution >= 0.6 is 0 Å². The van der Waals surface area contributed by atoms with E-state index in [1.165, 1.54) is 0 Å². The minimum Gasteiger partial charge on any atom is -0.480 e. The Bertz CT molecular complexity index is 152. The Morgan fingerprint density at radius 2 is 2.23 bits per heavy atom. The number of nitrogens with two attached hydrogens (primary N) is 1. The second kappa shape index (κ2) is 6.82. The number of nitrogens with zero attached hydrogens (tertiary/aromatic N) is 1. The summed E-state index contributed by atoms with van der Waals surface area (Å²) in [7, 11) is 3.55. The van der Waals surface area contributed by atoms with Gasteiger partial charge in [0.25, 0.3) is 0 Å². The van der Waals surface area contributed by atoms with Crippen molar-refractivity contribution in [3.8, 4) is 0 Å². The van der Waals surface area contributed by atoms with E-state index < -0.39 is 12.0 Å². The molecule has 5 heteroatoms. The quantitative estimate of drug-likeness (QED) is 0.559. The summed E-state index contributed by atoms with van der Waals surface area (Å²) in [5, 5.41) is 8.50. The molecule has 0 aliphatic heterocycles. The molecule has 0 aliphatic carbocycles. The number of methoxy groups -OCH3 is 1. The number of carbonyl (C=O) groups is 1. The first kappa shape index (κ1) is 12.3. The van der Waals surface area contributed by atoms with Gasteiger partial charge in [-0.1, -0.05) is 0 Å². The van der Waals surface area contributed by atoms with Crippen molar-refractivity contribution in [1.82, 2.24) is 4.90 Å². The van der Waals surface area contributed by atoms with E-state index in [-0.39, 0.29) is 0 Å². The number of hydrogen-bond donors (Lipinski definition) is 2. The summed E-state index contributed by atoms with van der Waals surface area (Å²) in [4.78, 5) is 12.4. The molecule has 0 fully saturated rings. The Hall–Kier alpha value is -0.650. The van der Waals surface area contributed by atoms with Gasteiger partial charge in [0.15, 0.2) is 0 Å². The lowest BCUT2D eigenvalue weighted by molar-refractivity contribution is -0.138. The highest BCUT2D eigenvalue weighted by Gasteiger charge is 2.11. The SMILES string of the molecule is COCCN(C)CCC(N)C(=O)O. The summed E-state index contributed by atoms with van der Waals surface area (Å²) >= 11 is 0. The predicted molar refractivity (Wildman–Crippen MR) is 49.6 cm³/mol. The van der Waals surface area contributed by atoms with Crippen molar-refractivity contribution in [2.75, 3.05) is 33.9 Å². The number of rotatable bonds is 7. The monoisotopic (exact) mass is 190 g/mol. The molecule has 3 N–H and O–H groups in total. The molecule has 0 aromatic heterocycles. The third-order valence-corrected chi connectivity index (χ3v) is 1.82. The summed E-state index contributed by atoms with van der Waals surface area (Å²) in [5.41, 5.74) is 5.34. The maximum Gasteiger partial charge on any atom is 0.320 e. The van der Waals surface area contributed by atoms with Gasteiger partial charge in [-0.05, 0) is 20.0 Å². The molecule has 0 amide bonds. The van der Waals surface area contributed by atoms with E-state index >= 15 is 0 Å². The van der Waals surface area contributed by atoms with Gasteiger partial charge in [0.1, 0.15) is 6.04 Å². The first-order valence-electron chi connectivity index (χ1n) is 4.23. The van der Waals surface area contributed by atoms with Crippen molar-refractivity contribution in [3.05, 3.63) is 0 Å². The van der Waals surface area contributed by atoms with Crippen molar-refractivity contribution in [3.63, 3.8) is 0 Å².